The zero-order valence-electron chi connectivity index (χ0n) is 14.8. The number of nitrogens with one attached hydrogen (secondary N) is 1. The van der Waals surface area contributed by atoms with Crippen molar-refractivity contribution in [2.75, 3.05) is 5.32 Å². The Bertz CT molecular complexity index is 1200. The molecular weight excluding hydrogens is 392 g/mol. The maximum absolute atomic E-state index is 14.1. The summed E-state index contributed by atoms with van der Waals surface area (Å²) in [5.74, 6) is -1.75. The zero-order valence-corrected chi connectivity index (χ0v) is 14.8. The number of anilines is 1. The molecule has 1 amide bonds. The molecule has 2 bridgehead atoms. The molecule has 4 rings (SSSR count). The number of aromatic nitrogens is 1. The van der Waals surface area contributed by atoms with Gasteiger partial charge in [0, 0.05) is 35.3 Å². The van der Waals surface area contributed by atoms with Crippen molar-refractivity contribution in [2.45, 2.75) is 13.3 Å². The molecule has 0 aliphatic heterocycles. The number of aryl methyl sites for hydroxylation is 1. The summed E-state index contributed by atoms with van der Waals surface area (Å²) in [5.41, 5.74) is 1.55. The van der Waals surface area contributed by atoms with Gasteiger partial charge in [-0.25, -0.2) is 4.39 Å². The molecule has 0 aliphatic carbocycles. The molecule has 0 saturated heterocycles. The van der Waals surface area contributed by atoms with Crippen LogP contribution in [0.4, 0.5) is 23.2 Å². The van der Waals surface area contributed by atoms with Gasteiger partial charge in [-0.2, -0.15) is 0 Å². The third-order valence-electron chi connectivity index (χ3n) is 4.15. The van der Waals surface area contributed by atoms with E-state index in [1.165, 1.54) is 18.3 Å². The third kappa shape index (κ3) is 3.71. The zero-order chi connectivity index (χ0) is 20.8. The van der Waals surface area contributed by atoms with Crippen molar-refractivity contribution in [1.82, 2.24) is 4.98 Å². The summed E-state index contributed by atoms with van der Waals surface area (Å²) in [6.07, 6.45) is -3.34. The first-order chi connectivity index (χ1) is 13.7. The number of rotatable bonds is 4. The predicted molar refractivity (Wildman–Crippen MR) is 96.4 cm³/mol. The second-order valence-corrected chi connectivity index (χ2v) is 6.25. The van der Waals surface area contributed by atoms with Crippen molar-refractivity contribution in [2.24, 2.45) is 0 Å². The minimum Gasteiger partial charge on any atom is -0.453 e. The quantitative estimate of drug-likeness (QED) is 0.454. The lowest BCUT2D eigenvalue weighted by molar-refractivity contribution is -0.274. The number of hydrogen-bond acceptors (Lipinski definition) is 4. The molecule has 1 N–H and O–H groups in total. The Morgan fingerprint density at radius 1 is 1.17 bits per heavy atom. The monoisotopic (exact) mass is 404 g/mol. The number of furan rings is 2. The molecule has 4 aromatic rings. The van der Waals surface area contributed by atoms with E-state index in [0.29, 0.717) is 11.3 Å². The van der Waals surface area contributed by atoms with Crippen LogP contribution in [0.5, 0.6) is 5.75 Å². The van der Waals surface area contributed by atoms with Gasteiger partial charge in [0.1, 0.15) is 11.3 Å². The van der Waals surface area contributed by atoms with Crippen LogP contribution in [0.2, 0.25) is 0 Å². The van der Waals surface area contributed by atoms with Crippen molar-refractivity contribution in [3.05, 3.63) is 65.7 Å². The highest BCUT2D eigenvalue weighted by Crippen LogP contribution is 2.39. The molecule has 0 unspecified atom stereocenters. The van der Waals surface area contributed by atoms with E-state index in [-0.39, 0.29) is 28.0 Å². The average Bonchev–Trinajstić information content (AvgIpc) is 3.17. The van der Waals surface area contributed by atoms with Crippen LogP contribution in [0.25, 0.3) is 22.3 Å². The Morgan fingerprint density at radius 3 is 2.69 bits per heavy atom. The molecule has 1 aromatic carbocycles. The first-order valence-electron chi connectivity index (χ1n) is 8.36. The first kappa shape index (κ1) is 18.7. The van der Waals surface area contributed by atoms with Gasteiger partial charge in [0.15, 0.2) is 11.4 Å². The molecule has 0 radical (unpaired) electrons. The van der Waals surface area contributed by atoms with E-state index in [4.69, 9.17) is 4.42 Å². The fourth-order valence-electron chi connectivity index (χ4n) is 3.07. The van der Waals surface area contributed by atoms with Crippen LogP contribution in [0, 0.1) is 12.7 Å². The summed E-state index contributed by atoms with van der Waals surface area (Å²) in [6.45, 7) is 1.74. The molecule has 0 fully saturated rings. The van der Waals surface area contributed by atoms with Crippen molar-refractivity contribution in [3.63, 3.8) is 0 Å². The van der Waals surface area contributed by atoms with Crippen molar-refractivity contribution in [3.8, 4) is 16.9 Å². The number of carbonyl (C=O) groups excluding carboxylic acids is 1. The van der Waals surface area contributed by atoms with Crippen LogP contribution in [0.3, 0.4) is 0 Å². The number of ether oxygens (including phenoxy) is 1. The number of benzene rings is 2. The highest BCUT2D eigenvalue weighted by molar-refractivity contribution is 6.16. The topological polar surface area (TPSA) is 64.4 Å². The number of nitrogens with zero attached hydrogens (tertiary/aromatic N) is 1. The lowest BCUT2D eigenvalue weighted by atomic mass is 9.99. The van der Waals surface area contributed by atoms with Gasteiger partial charge >= 0.3 is 6.36 Å². The fourth-order valence-corrected chi connectivity index (χ4v) is 3.07. The number of fused-ring (bicyclic) bond motifs is 2. The highest BCUT2D eigenvalue weighted by atomic mass is 19.4. The molecule has 0 atom stereocenters. The molecular formula is C20H12F4N2O3. The molecule has 29 heavy (non-hydrogen) atoms. The maximum atomic E-state index is 14.1. The minimum atomic E-state index is -4.86. The lowest BCUT2D eigenvalue weighted by Gasteiger charge is -2.11. The smallest absolute Gasteiger partial charge is 0.453 e. The molecule has 3 heterocycles. The fraction of sp³-hybridized carbons (Fsp3) is 0.100. The summed E-state index contributed by atoms with van der Waals surface area (Å²) in [7, 11) is 0. The van der Waals surface area contributed by atoms with Crippen LogP contribution in [0.15, 0.2) is 53.1 Å². The summed E-state index contributed by atoms with van der Waals surface area (Å²) < 4.78 is 60.6. The Labute approximate surface area is 161 Å². The predicted octanol–water partition coefficient (Wildman–Crippen LogP) is 5.53. The van der Waals surface area contributed by atoms with Crippen LogP contribution >= 0.6 is 0 Å². The molecule has 9 heteroatoms. The number of amides is 1. The Kier molecular flexibility index (Phi) is 4.37. The molecule has 0 aliphatic rings. The average molecular weight is 404 g/mol. The van der Waals surface area contributed by atoms with E-state index in [0.717, 1.165) is 18.2 Å². The maximum Gasteiger partial charge on any atom is 0.573 e. The van der Waals surface area contributed by atoms with Crippen LogP contribution < -0.4 is 10.1 Å². The van der Waals surface area contributed by atoms with Crippen molar-refractivity contribution in [1.29, 1.82) is 0 Å². The Hall–Kier alpha value is -3.62. The van der Waals surface area contributed by atoms with Gasteiger partial charge in [0.05, 0.1) is 5.56 Å². The molecule has 3 aromatic heterocycles. The lowest BCUT2D eigenvalue weighted by Crippen LogP contribution is -2.17. The van der Waals surface area contributed by atoms with E-state index in [1.807, 2.05) is 0 Å². The minimum absolute atomic E-state index is 0.0298. The van der Waals surface area contributed by atoms with Crippen LogP contribution in [0.1, 0.15) is 16.1 Å². The molecule has 148 valence electrons. The molecule has 0 spiro atoms. The van der Waals surface area contributed by atoms with Gasteiger partial charge < -0.3 is 14.5 Å². The first-order valence-corrected chi connectivity index (χ1v) is 8.36. The van der Waals surface area contributed by atoms with E-state index < -0.39 is 23.8 Å². The van der Waals surface area contributed by atoms with Gasteiger partial charge in [0.2, 0.25) is 0 Å². The highest BCUT2D eigenvalue weighted by Gasteiger charge is 2.31. The van der Waals surface area contributed by atoms with E-state index in [9.17, 15) is 22.4 Å². The van der Waals surface area contributed by atoms with E-state index >= 15 is 0 Å². The molecule has 0 saturated carbocycles. The van der Waals surface area contributed by atoms with Crippen molar-refractivity contribution < 1.29 is 31.5 Å². The van der Waals surface area contributed by atoms with Crippen LogP contribution in [-0.4, -0.2) is 17.3 Å². The summed E-state index contributed by atoms with van der Waals surface area (Å²) in [6, 6.07) is 9.22. The van der Waals surface area contributed by atoms with E-state index in [2.05, 4.69) is 15.0 Å². The number of halogens is 4. The standard InChI is InChI=1S/C20H12F4N2O3/c1-10-7-11(5-6-25-10)16-17(15-9-14(21)18(16)28-15)19(27)26-12-3-2-4-13(8-12)29-20(22,23)24/h2-9H,1H3,(H,26,27). The van der Waals surface area contributed by atoms with E-state index in [1.54, 1.807) is 19.1 Å². The van der Waals surface area contributed by atoms with Gasteiger partial charge in [-0.15, -0.1) is 13.2 Å². The second kappa shape index (κ2) is 6.77. The van der Waals surface area contributed by atoms with Gasteiger partial charge in [0.25, 0.3) is 5.91 Å². The molecule has 5 nitrogen and oxygen atoms in total. The summed E-state index contributed by atoms with van der Waals surface area (Å²) in [4.78, 5) is 16.9. The largest absolute Gasteiger partial charge is 0.573 e. The Morgan fingerprint density at radius 2 is 1.97 bits per heavy atom. The van der Waals surface area contributed by atoms with Gasteiger partial charge in [-0.1, -0.05) is 6.07 Å². The number of carbonyl (C=O) groups is 1. The second-order valence-electron chi connectivity index (χ2n) is 6.25. The van der Waals surface area contributed by atoms with Crippen molar-refractivity contribution >= 4 is 22.8 Å². The van der Waals surface area contributed by atoms with Gasteiger partial charge in [-0.05, 0) is 36.8 Å². The third-order valence-corrected chi connectivity index (χ3v) is 4.15. The van der Waals surface area contributed by atoms with Gasteiger partial charge in [-0.3, -0.25) is 9.78 Å². The Balaban J connectivity index is 1.70. The number of hydrogen-bond donors (Lipinski definition) is 1. The normalized spacial score (nSPS) is 11.8. The number of pyridine rings is 1. The SMILES string of the molecule is Cc1cc(-c2c(C(=O)Nc3cccc(OC(F)(F)F)c3)c3cc(F)c2o3)ccn1. The van der Waals surface area contributed by atoms with Crippen LogP contribution in [-0.2, 0) is 0 Å². The summed E-state index contributed by atoms with van der Waals surface area (Å²) >= 11 is 0. The summed E-state index contributed by atoms with van der Waals surface area (Å²) in [5, 5.41) is 2.50. The number of alkyl halides is 3.